The number of hydrogen-bond acceptors (Lipinski definition) is 6. The molecule has 0 unspecified atom stereocenters. The standard InChI is InChI=1S/C12H16N2O6S/c1-9(11(15)19-2)14(21(13,17)18)12(16)20-8-10-6-4-3-5-7-10/h3-7,9H,8H2,1-2H3,(H2,13,17,18)/t9-/m1/s1. The summed E-state index contributed by atoms with van der Waals surface area (Å²) in [5.41, 5.74) is 0.658. The van der Waals surface area contributed by atoms with E-state index >= 15 is 0 Å². The molecule has 0 aliphatic heterocycles. The summed E-state index contributed by atoms with van der Waals surface area (Å²) in [5.74, 6) is -0.930. The van der Waals surface area contributed by atoms with Gasteiger partial charge in [-0.2, -0.15) is 12.7 Å². The molecule has 0 radical (unpaired) electrons. The van der Waals surface area contributed by atoms with E-state index in [9.17, 15) is 18.0 Å². The van der Waals surface area contributed by atoms with Crippen LogP contribution >= 0.6 is 0 Å². The molecule has 0 spiro atoms. The van der Waals surface area contributed by atoms with Gasteiger partial charge in [0.25, 0.3) is 0 Å². The first-order chi connectivity index (χ1) is 9.77. The zero-order chi connectivity index (χ0) is 16.0. The second-order valence-electron chi connectivity index (χ2n) is 4.08. The molecule has 1 aromatic carbocycles. The van der Waals surface area contributed by atoms with Gasteiger partial charge in [-0.3, -0.25) is 0 Å². The summed E-state index contributed by atoms with van der Waals surface area (Å²) in [7, 11) is -3.40. The molecule has 8 nitrogen and oxygen atoms in total. The van der Waals surface area contributed by atoms with E-state index in [4.69, 9.17) is 9.88 Å². The van der Waals surface area contributed by atoms with Crippen molar-refractivity contribution in [1.82, 2.24) is 4.31 Å². The second kappa shape index (κ2) is 7.04. The molecule has 0 saturated carbocycles. The maximum atomic E-state index is 11.9. The summed E-state index contributed by atoms with van der Waals surface area (Å²) >= 11 is 0. The third-order valence-corrected chi connectivity index (χ3v) is 3.57. The van der Waals surface area contributed by atoms with Gasteiger partial charge in [-0.1, -0.05) is 30.3 Å². The van der Waals surface area contributed by atoms with E-state index in [0.717, 1.165) is 7.11 Å². The van der Waals surface area contributed by atoms with Crippen LogP contribution in [-0.4, -0.2) is 37.9 Å². The SMILES string of the molecule is COC(=O)[C@@H](C)N(C(=O)OCc1ccccc1)S(N)(=O)=O. The summed E-state index contributed by atoms with van der Waals surface area (Å²) in [4.78, 5) is 23.2. The minimum atomic E-state index is -4.46. The van der Waals surface area contributed by atoms with Crippen LogP contribution in [0.1, 0.15) is 12.5 Å². The lowest BCUT2D eigenvalue weighted by Gasteiger charge is -2.23. The fraction of sp³-hybridized carbons (Fsp3) is 0.333. The molecule has 0 saturated heterocycles. The number of carbonyl (C=O) groups excluding carboxylic acids is 2. The van der Waals surface area contributed by atoms with Gasteiger partial charge in [0.15, 0.2) is 0 Å². The molecule has 0 heterocycles. The first-order valence-corrected chi connectivity index (χ1v) is 7.38. The van der Waals surface area contributed by atoms with Crippen LogP contribution in [0.5, 0.6) is 0 Å². The Morgan fingerprint density at radius 3 is 2.33 bits per heavy atom. The molecule has 0 aromatic heterocycles. The van der Waals surface area contributed by atoms with Crippen molar-refractivity contribution in [3.05, 3.63) is 35.9 Å². The molecule has 0 fully saturated rings. The second-order valence-corrected chi connectivity index (χ2v) is 5.50. The number of amides is 1. The third-order valence-electron chi connectivity index (χ3n) is 2.55. The van der Waals surface area contributed by atoms with Crippen molar-refractivity contribution in [3.63, 3.8) is 0 Å². The number of rotatable bonds is 5. The minimum absolute atomic E-state index is 0.141. The first kappa shape index (κ1) is 16.9. The summed E-state index contributed by atoms with van der Waals surface area (Å²) in [5, 5.41) is 4.93. The van der Waals surface area contributed by atoms with Gasteiger partial charge >= 0.3 is 22.3 Å². The predicted octanol–water partition coefficient (Wildman–Crippen LogP) is 0.390. The van der Waals surface area contributed by atoms with Crippen molar-refractivity contribution in [2.45, 2.75) is 19.6 Å². The number of benzene rings is 1. The topological polar surface area (TPSA) is 116 Å². The van der Waals surface area contributed by atoms with Crippen LogP contribution < -0.4 is 5.14 Å². The fourth-order valence-corrected chi connectivity index (χ4v) is 2.32. The molecule has 1 rings (SSSR count). The van der Waals surface area contributed by atoms with E-state index in [-0.39, 0.29) is 10.9 Å². The van der Waals surface area contributed by atoms with Crippen molar-refractivity contribution >= 4 is 22.3 Å². The highest BCUT2D eigenvalue weighted by molar-refractivity contribution is 7.87. The van der Waals surface area contributed by atoms with Crippen LogP contribution in [0.3, 0.4) is 0 Å². The normalized spacial score (nSPS) is 12.3. The van der Waals surface area contributed by atoms with Gasteiger partial charge < -0.3 is 9.47 Å². The Kier molecular flexibility index (Phi) is 5.68. The monoisotopic (exact) mass is 316 g/mol. The number of nitrogens with two attached hydrogens (primary N) is 1. The van der Waals surface area contributed by atoms with Crippen LogP contribution in [0.25, 0.3) is 0 Å². The molecule has 0 bridgehead atoms. The van der Waals surface area contributed by atoms with Gasteiger partial charge in [0.2, 0.25) is 0 Å². The van der Waals surface area contributed by atoms with Gasteiger partial charge in [-0.25, -0.2) is 14.7 Å². The lowest BCUT2D eigenvalue weighted by Crippen LogP contribution is -2.50. The number of hydrogen-bond donors (Lipinski definition) is 1. The highest BCUT2D eigenvalue weighted by Gasteiger charge is 2.35. The van der Waals surface area contributed by atoms with Crippen LogP contribution in [0.15, 0.2) is 30.3 Å². The van der Waals surface area contributed by atoms with Crippen molar-refractivity contribution in [3.8, 4) is 0 Å². The van der Waals surface area contributed by atoms with E-state index in [1.54, 1.807) is 30.3 Å². The minimum Gasteiger partial charge on any atom is -0.467 e. The molecule has 9 heteroatoms. The van der Waals surface area contributed by atoms with Gasteiger partial charge in [0.1, 0.15) is 12.6 Å². The Morgan fingerprint density at radius 2 is 1.86 bits per heavy atom. The van der Waals surface area contributed by atoms with Gasteiger partial charge in [0.05, 0.1) is 7.11 Å². The highest BCUT2D eigenvalue weighted by atomic mass is 32.2. The predicted molar refractivity (Wildman–Crippen MR) is 73.1 cm³/mol. The zero-order valence-electron chi connectivity index (χ0n) is 11.6. The third kappa shape index (κ3) is 4.72. The van der Waals surface area contributed by atoms with Crippen LogP contribution in [0.2, 0.25) is 0 Å². The van der Waals surface area contributed by atoms with E-state index in [1.165, 1.54) is 6.92 Å². The largest absolute Gasteiger partial charge is 0.467 e. The quantitative estimate of drug-likeness (QED) is 0.786. The van der Waals surface area contributed by atoms with E-state index < -0.39 is 28.3 Å². The molecular formula is C12H16N2O6S. The smallest absolute Gasteiger partial charge is 0.425 e. The molecule has 116 valence electrons. The van der Waals surface area contributed by atoms with Crippen molar-refractivity contribution in [2.24, 2.45) is 5.14 Å². The maximum Gasteiger partial charge on any atom is 0.425 e. The molecule has 1 aromatic rings. The molecular weight excluding hydrogens is 300 g/mol. The van der Waals surface area contributed by atoms with Crippen LogP contribution in [0, 0.1) is 0 Å². The lowest BCUT2D eigenvalue weighted by molar-refractivity contribution is -0.144. The van der Waals surface area contributed by atoms with Crippen LogP contribution in [0.4, 0.5) is 4.79 Å². The first-order valence-electron chi connectivity index (χ1n) is 5.88. The molecule has 2 N–H and O–H groups in total. The van der Waals surface area contributed by atoms with E-state index in [1.807, 2.05) is 0 Å². The van der Waals surface area contributed by atoms with Crippen molar-refractivity contribution in [1.29, 1.82) is 0 Å². The summed E-state index contributed by atoms with van der Waals surface area (Å²) in [6, 6.07) is 7.21. The Morgan fingerprint density at radius 1 is 1.29 bits per heavy atom. The van der Waals surface area contributed by atoms with Gasteiger partial charge in [-0.15, -0.1) is 0 Å². The Hall–Kier alpha value is -2.13. The maximum absolute atomic E-state index is 11.9. The van der Waals surface area contributed by atoms with Crippen molar-refractivity contribution in [2.75, 3.05) is 7.11 Å². The average Bonchev–Trinajstić information content (AvgIpc) is 2.43. The van der Waals surface area contributed by atoms with Crippen LogP contribution in [-0.2, 0) is 31.1 Å². The van der Waals surface area contributed by atoms with Crippen molar-refractivity contribution < 1.29 is 27.5 Å². The summed E-state index contributed by atoms with van der Waals surface area (Å²) in [6.45, 7) is 1.01. The Labute approximate surface area is 122 Å². The molecule has 1 amide bonds. The van der Waals surface area contributed by atoms with Gasteiger partial charge in [0, 0.05) is 0 Å². The number of esters is 1. The Balaban J connectivity index is 2.84. The number of ether oxygens (including phenoxy) is 2. The summed E-state index contributed by atoms with van der Waals surface area (Å²) < 4.78 is 32.3. The number of nitrogens with zero attached hydrogens (tertiary/aromatic N) is 1. The van der Waals surface area contributed by atoms with E-state index in [0.29, 0.717) is 5.56 Å². The molecule has 1 atom stereocenters. The fourth-order valence-electron chi connectivity index (χ4n) is 1.53. The molecule has 0 aliphatic rings. The summed E-state index contributed by atoms with van der Waals surface area (Å²) in [6.07, 6.45) is -1.25. The Bertz CT molecular complexity index is 601. The zero-order valence-corrected chi connectivity index (χ0v) is 12.4. The average molecular weight is 316 g/mol. The molecule has 21 heavy (non-hydrogen) atoms. The van der Waals surface area contributed by atoms with Gasteiger partial charge in [-0.05, 0) is 12.5 Å². The number of carbonyl (C=O) groups is 2. The number of methoxy groups -OCH3 is 1. The lowest BCUT2D eigenvalue weighted by atomic mass is 10.2. The molecule has 0 aliphatic carbocycles. The highest BCUT2D eigenvalue weighted by Crippen LogP contribution is 2.10. The van der Waals surface area contributed by atoms with E-state index in [2.05, 4.69) is 4.74 Å².